The molecule has 1 saturated heterocycles. The first-order valence-corrected chi connectivity index (χ1v) is 7.74. The molecule has 5 heteroatoms. The van der Waals surface area contributed by atoms with Gasteiger partial charge in [-0.3, -0.25) is 4.18 Å². The van der Waals surface area contributed by atoms with Crippen LogP contribution in [-0.4, -0.2) is 43.2 Å². The van der Waals surface area contributed by atoms with E-state index in [0.29, 0.717) is 6.04 Å². The van der Waals surface area contributed by atoms with Gasteiger partial charge in [-0.25, -0.2) is 4.72 Å². The third-order valence-corrected chi connectivity index (χ3v) is 4.37. The Morgan fingerprint density at radius 3 is 3.05 bits per heavy atom. The number of nitrogens with one attached hydrogen (secondary N) is 2. The Morgan fingerprint density at radius 2 is 2.30 bits per heavy atom. The van der Waals surface area contributed by atoms with Crippen molar-refractivity contribution in [1.82, 2.24) is 14.6 Å². The average Bonchev–Trinajstić information content (AvgIpc) is 3.05. The fourth-order valence-electron chi connectivity index (χ4n) is 2.54. The van der Waals surface area contributed by atoms with Crippen LogP contribution in [0.5, 0.6) is 0 Å². The fraction of sp³-hybridized carbons (Fsp3) is 0.467. The van der Waals surface area contributed by atoms with Crippen molar-refractivity contribution in [3.8, 4) is 0 Å². The molecule has 0 amide bonds. The van der Waals surface area contributed by atoms with E-state index < -0.39 is 0 Å². The van der Waals surface area contributed by atoms with Gasteiger partial charge in [0.25, 0.3) is 0 Å². The molecule has 3 rings (SSSR count). The highest BCUT2D eigenvalue weighted by Crippen LogP contribution is 2.22. The molecule has 0 aliphatic carbocycles. The second-order valence-corrected chi connectivity index (χ2v) is 6.27. The van der Waals surface area contributed by atoms with Crippen molar-refractivity contribution in [3.63, 3.8) is 0 Å². The first-order chi connectivity index (χ1) is 9.72. The van der Waals surface area contributed by atoms with Crippen LogP contribution in [-0.2, 0) is 17.0 Å². The van der Waals surface area contributed by atoms with Crippen molar-refractivity contribution >= 4 is 23.1 Å². The van der Waals surface area contributed by atoms with Crippen molar-refractivity contribution in [2.24, 2.45) is 0 Å². The van der Waals surface area contributed by atoms with E-state index in [1.54, 1.807) is 0 Å². The van der Waals surface area contributed by atoms with Gasteiger partial charge in [-0.05, 0) is 50.2 Å². The lowest BCUT2D eigenvalue weighted by Crippen LogP contribution is -2.22. The quantitative estimate of drug-likeness (QED) is 0.655. The lowest BCUT2D eigenvalue weighted by Gasteiger charge is -2.09. The summed E-state index contributed by atoms with van der Waals surface area (Å²) in [7, 11) is 4.23. The summed E-state index contributed by atoms with van der Waals surface area (Å²) < 4.78 is 8.57. The zero-order chi connectivity index (χ0) is 13.9. The maximum absolute atomic E-state index is 5.28. The molecule has 1 fully saturated rings. The predicted molar refractivity (Wildman–Crippen MR) is 84.7 cm³/mol. The van der Waals surface area contributed by atoms with Gasteiger partial charge in [-0.2, -0.15) is 0 Å². The maximum atomic E-state index is 5.28. The van der Waals surface area contributed by atoms with Crippen molar-refractivity contribution in [3.05, 3.63) is 35.5 Å². The van der Waals surface area contributed by atoms with Crippen LogP contribution in [0.3, 0.4) is 0 Å². The van der Waals surface area contributed by atoms with Crippen LogP contribution < -0.4 is 4.72 Å². The minimum absolute atomic E-state index is 0.418. The lowest BCUT2D eigenvalue weighted by atomic mass is 10.0. The molecule has 0 radical (unpaired) electrons. The zero-order valence-electron chi connectivity index (χ0n) is 12.0. The second kappa shape index (κ2) is 6.18. The summed E-state index contributed by atoms with van der Waals surface area (Å²) in [4.78, 5) is 5.59. The molecule has 1 atom stereocenters. The van der Waals surface area contributed by atoms with Gasteiger partial charge < -0.3 is 9.88 Å². The average molecular weight is 291 g/mol. The summed E-state index contributed by atoms with van der Waals surface area (Å²) in [5.74, 6) is 0. The molecule has 2 N–H and O–H groups in total. The van der Waals surface area contributed by atoms with Crippen LogP contribution in [0.1, 0.15) is 11.1 Å². The molecule has 0 bridgehead atoms. The van der Waals surface area contributed by atoms with Crippen molar-refractivity contribution in [2.75, 3.05) is 27.2 Å². The van der Waals surface area contributed by atoms with E-state index in [-0.39, 0.29) is 0 Å². The SMILES string of the molecule is CN(C)CCc1c[nH]c2ccc(CC3COSN3)cc12. The molecule has 1 aliphatic rings. The van der Waals surface area contributed by atoms with Crippen LogP contribution in [0.25, 0.3) is 10.9 Å². The summed E-state index contributed by atoms with van der Waals surface area (Å²) in [5.41, 5.74) is 4.00. The highest BCUT2D eigenvalue weighted by Gasteiger charge is 2.16. The lowest BCUT2D eigenvalue weighted by molar-refractivity contribution is 0.369. The monoisotopic (exact) mass is 291 g/mol. The Kier molecular flexibility index (Phi) is 4.31. The molecule has 1 aromatic carbocycles. The second-order valence-electron chi connectivity index (χ2n) is 5.63. The number of H-pyrrole nitrogens is 1. The van der Waals surface area contributed by atoms with Gasteiger partial charge in [0, 0.05) is 29.7 Å². The number of nitrogens with zero attached hydrogens (tertiary/aromatic N) is 1. The molecule has 20 heavy (non-hydrogen) atoms. The fourth-order valence-corrected chi connectivity index (χ4v) is 3.13. The molecule has 4 nitrogen and oxygen atoms in total. The van der Waals surface area contributed by atoms with Crippen molar-refractivity contribution < 1.29 is 4.18 Å². The third-order valence-electron chi connectivity index (χ3n) is 3.69. The number of hydrogen-bond donors (Lipinski definition) is 2. The van der Waals surface area contributed by atoms with E-state index >= 15 is 0 Å². The van der Waals surface area contributed by atoms with Gasteiger partial charge in [0.2, 0.25) is 0 Å². The van der Waals surface area contributed by atoms with Crippen LogP contribution in [0.2, 0.25) is 0 Å². The Morgan fingerprint density at radius 1 is 1.40 bits per heavy atom. The number of rotatable bonds is 5. The first kappa shape index (κ1) is 13.9. The summed E-state index contributed by atoms with van der Waals surface area (Å²) >= 11 is 1.36. The Hall–Kier alpha value is -1.01. The van der Waals surface area contributed by atoms with Gasteiger partial charge in [0.1, 0.15) is 0 Å². The van der Waals surface area contributed by atoms with Crippen LogP contribution in [0, 0.1) is 0 Å². The van der Waals surface area contributed by atoms with E-state index in [1.807, 2.05) is 0 Å². The van der Waals surface area contributed by atoms with Crippen LogP contribution in [0.4, 0.5) is 0 Å². The number of fused-ring (bicyclic) bond motifs is 1. The van der Waals surface area contributed by atoms with Gasteiger partial charge in [-0.1, -0.05) is 6.07 Å². The van der Waals surface area contributed by atoms with Gasteiger partial charge >= 0.3 is 0 Å². The molecule has 1 unspecified atom stereocenters. The highest BCUT2D eigenvalue weighted by molar-refractivity contribution is 7.92. The number of aromatic amines is 1. The standard InChI is InChI=1S/C15H21N3OS/c1-18(2)6-5-12-9-16-15-4-3-11(8-14(12)15)7-13-10-19-20-17-13/h3-4,8-9,13,16-17H,5-7,10H2,1-2H3. The molecular weight excluding hydrogens is 270 g/mol. The van der Waals surface area contributed by atoms with E-state index in [1.165, 1.54) is 34.3 Å². The zero-order valence-corrected chi connectivity index (χ0v) is 12.8. The van der Waals surface area contributed by atoms with Crippen molar-refractivity contribution in [1.29, 1.82) is 0 Å². The molecular formula is C15H21N3OS. The Bertz CT molecular complexity index is 576. The summed E-state index contributed by atoms with van der Waals surface area (Å²) in [6.07, 6.45) is 4.24. The first-order valence-electron chi connectivity index (χ1n) is 7.00. The topological polar surface area (TPSA) is 40.3 Å². The Balaban J connectivity index is 1.78. The van der Waals surface area contributed by atoms with Gasteiger partial charge in [0.05, 0.1) is 18.8 Å². The van der Waals surface area contributed by atoms with E-state index in [2.05, 4.69) is 53.1 Å². The molecule has 1 aromatic heterocycles. The number of hydrogen-bond acceptors (Lipinski definition) is 4. The van der Waals surface area contributed by atoms with Crippen molar-refractivity contribution in [2.45, 2.75) is 18.9 Å². The summed E-state index contributed by atoms with van der Waals surface area (Å²) in [5, 5.41) is 1.36. The predicted octanol–water partition coefficient (Wildman–Crippen LogP) is 2.37. The largest absolute Gasteiger partial charge is 0.361 e. The summed E-state index contributed by atoms with van der Waals surface area (Å²) in [6.45, 7) is 1.86. The third kappa shape index (κ3) is 3.17. The molecule has 0 spiro atoms. The van der Waals surface area contributed by atoms with E-state index in [4.69, 9.17) is 4.18 Å². The summed E-state index contributed by atoms with van der Waals surface area (Å²) in [6, 6.07) is 7.13. The minimum Gasteiger partial charge on any atom is -0.361 e. The van der Waals surface area contributed by atoms with Gasteiger partial charge in [-0.15, -0.1) is 0 Å². The highest BCUT2D eigenvalue weighted by atomic mass is 32.2. The minimum atomic E-state index is 0.418. The van der Waals surface area contributed by atoms with Crippen LogP contribution in [0.15, 0.2) is 24.4 Å². The maximum Gasteiger partial charge on any atom is 0.0794 e. The molecule has 2 aromatic rings. The molecule has 1 aliphatic heterocycles. The normalized spacial score (nSPS) is 19.2. The Labute approximate surface area is 124 Å². The number of likely N-dealkylation sites (N-methyl/N-ethyl adjacent to an activating group) is 1. The number of benzene rings is 1. The van der Waals surface area contributed by atoms with E-state index in [0.717, 1.165) is 26.0 Å². The molecule has 108 valence electrons. The van der Waals surface area contributed by atoms with Crippen LogP contribution >= 0.6 is 12.2 Å². The molecule has 2 heterocycles. The molecule has 0 saturated carbocycles. The number of aromatic nitrogens is 1. The van der Waals surface area contributed by atoms with Gasteiger partial charge in [0.15, 0.2) is 0 Å². The van der Waals surface area contributed by atoms with E-state index in [9.17, 15) is 0 Å². The smallest absolute Gasteiger partial charge is 0.0794 e.